The fourth-order valence-corrected chi connectivity index (χ4v) is 6.23. The van der Waals surface area contributed by atoms with Crippen LogP contribution in [-0.2, 0) is 31.6 Å². The van der Waals surface area contributed by atoms with E-state index in [1.54, 1.807) is 0 Å². The Labute approximate surface area is 237 Å². The summed E-state index contributed by atoms with van der Waals surface area (Å²) in [5.41, 5.74) is -1.44. The molecule has 2 heterocycles. The smallest absolute Gasteiger partial charge is 0.380 e. The van der Waals surface area contributed by atoms with E-state index in [1.165, 1.54) is 37.2 Å². The van der Waals surface area contributed by atoms with Gasteiger partial charge in [-0.3, -0.25) is 4.79 Å². The van der Waals surface area contributed by atoms with Gasteiger partial charge in [-0.05, 0) is 46.6 Å². The molecule has 4 rings (SSSR count). The van der Waals surface area contributed by atoms with Crippen LogP contribution >= 0.6 is 27.5 Å². The first-order valence-corrected chi connectivity index (χ1v) is 13.7. The summed E-state index contributed by atoms with van der Waals surface area (Å²) in [5.74, 6) is -3.89. The van der Waals surface area contributed by atoms with Crippen molar-refractivity contribution < 1.29 is 40.3 Å². The normalized spacial score (nSPS) is 16.4. The fourth-order valence-electron chi connectivity index (χ4n) is 3.83. The van der Waals surface area contributed by atoms with Gasteiger partial charge in [0.1, 0.15) is 11.5 Å². The van der Waals surface area contributed by atoms with E-state index < -0.39 is 56.2 Å². The van der Waals surface area contributed by atoms with Crippen LogP contribution in [-0.4, -0.2) is 60.7 Å². The molecular weight excluding hydrogens is 654 g/mol. The van der Waals surface area contributed by atoms with Crippen LogP contribution in [0.2, 0.25) is 5.02 Å². The van der Waals surface area contributed by atoms with Crippen molar-refractivity contribution in [2.24, 2.45) is 7.05 Å². The molecule has 1 aliphatic rings. The Morgan fingerprint density at radius 1 is 1.27 bits per heavy atom. The predicted molar refractivity (Wildman–Crippen MR) is 140 cm³/mol. The SMILES string of the molecule is CO[C@@H]1CCN(S(=O)(=O)N(OC(=O)C(F)(F)F)c2ccc(F)c(Nc3ccc4ncn(C)c(=O)c4c3Br)c2Cl)C1. The zero-order valence-electron chi connectivity index (χ0n) is 20.5. The summed E-state index contributed by atoms with van der Waals surface area (Å²) in [6.07, 6.45) is -4.62. The van der Waals surface area contributed by atoms with Crippen LogP contribution in [0.5, 0.6) is 0 Å². The number of nitrogens with one attached hydrogen (secondary N) is 1. The lowest BCUT2D eigenvalue weighted by atomic mass is 10.2. The van der Waals surface area contributed by atoms with E-state index >= 15 is 0 Å². The third kappa shape index (κ3) is 5.60. The van der Waals surface area contributed by atoms with Crippen molar-refractivity contribution in [3.8, 4) is 0 Å². The van der Waals surface area contributed by atoms with Crippen LogP contribution in [0.25, 0.3) is 10.9 Å². The van der Waals surface area contributed by atoms with E-state index in [-0.39, 0.29) is 39.5 Å². The zero-order valence-corrected chi connectivity index (χ0v) is 23.7. The number of aryl methyl sites for hydroxylation is 1. The first-order valence-electron chi connectivity index (χ1n) is 11.2. The summed E-state index contributed by atoms with van der Waals surface area (Å²) in [7, 11) is -2.18. The number of rotatable bonds is 7. The van der Waals surface area contributed by atoms with Crippen LogP contribution in [0.1, 0.15) is 6.42 Å². The molecule has 1 atom stereocenters. The molecular formula is C22H19BrClF4N5O6S. The van der Waals surface area contributed by atoms with Gasteiger partial charge in [-0.1, -0.05) is 16.1 Å². The third-order valence-electron chi connectivity index (χ3n) is 5.93. The summed E-state index contributed by atoms with van der Waals surface area (Å²) >= 11 is 9.60. The quantitative estimate of drug-likeness (QED) is 0.295. The Balaban J connectivity index is 1.82. The highest BCUT2D eigenvalue weighted by atomic mass is 79.9. The largest absolute Gasteiger partial charge is 0.493 e. The molecule has 40 heavy (non-hydrogen) atoms. The van der Waals surface area contributed by atoms with E-state index in [9.17, 15) is 35.6 Å². The van der Waals surface area contributed by atoms with Crippen molar-refractivity contribution in [3.05, 3.63) is 56.3 Å². The first kappa shape index (κ1) is 30.0. The minimum absolute atomic E-state index is 0.0831. The summed E-state index contributed by atoms with van der Waals surface area (Å²) in [4.78, 5) is 32.8. The summed E-state index contributed by atoms with van der Waals surface area (Å²) in [5, 5.41) is 1.99. The Morgan fingerprint density at radius 2 is 1.98 bits per heavy atom. The molecule has 3 aromatic rings. The number of carbonyl (C=O) groups is 1. The number of nitrogens with zero attached hydrogens (tertiary/aromatic N) is 4. The molecule has 0 spiro atoms. The van der Waals surface area contributed by atoms with Crippen molar-refractivity contribution in [1.29, 1.82) is 0 Å². The van der Waals surface area contributed by atoms with Crippen molar-refractivity contribution in [2.45, 2.75) is 18.7 Å². The summed E-state index contributed by atoms with van der Waals surface area (Å²) in [6.45, 7) is -0.423. The Bertz CT molecular complexity index is 1660. The van der Waals surface area contributed by atoms with E-state index in [0.717, 1.165) is 10.4 Å². The molecule has 0 unspecified atom stereocenters. The second kappa shape index (κ2) is 11.1. The summed E-state index contributed by atoms with van der Waals surface area (Å²) < 4.78 is 87.9. The van der Waals surface area contributed by atoms with Crippen molar-refractivity contribution >= 4 is 71.7 Å². The lowest BCUT2D eigenvalue weighted by molar-refractivity contribution is -0.199. The lowest BCUT2D eigenvalue weighted by Crippen LogP contribution is -2.46. The Morgan fingerprint density at radius 3 is 2.60 bits per heavy atom. The van der Waals surface area contributed by atoms with E-state index in [2.05, 4.69) is 31.1 Å². The maximum atomic E-state index is 15.0. The fraction of sp³-hybridized carbons (Fsp3) is 0.318. The van der Waals surface area contributed by atoms with E-state index in [0.29, 0.717) is 11.6 Å². The van der Waals surface area contributed by atoms with Gasteiger partial charge in [-0.25, -0.2) is 14.2 Å². The molecule has 0 amide bonds. The minimum Gasteiger partial charge on any atom is -0.380 e. The molecule has 1 saturated heterocycles. The standard InChI is InChI=1S/C22H19BrClF4N5O6S/c1-31-10-29-13-4-5-14(17(23)16(13)20(31)34)30-19-12(25)3-6-15(18(19)24)33(39-21(35)22(26,27)28)40(36,37)32-8-7-11(9-32)38-2/h3-6,10-11,30H,7-9H2,1-2H3/t11-/m1/s1. The van der Waals surface area contributed by atoms with Crippen molar-refractivity contribution in [2.75, 3.05) is 30.0 Å². The topological polar surface area (TPSA) is 123 Å². The third-order valence-corrected chi connectivity index (χ3v) is 8.81. The second-order valence-electron chi connectivity index (χ2n) is 8.48. The van der Waals surface area contributed by atoms with Crippen LogP contribution < -0.4 is 15.3 Å². The van der Waals surface area contributed by atoms with Crippen LogP contribution in [0.3, 0.4) is 0 Å². The van der Waals surface area contributed by atoms with Crippen LogP contribution in [0, 0.1) is 5.82 Å². The Hall–Kier alpha value is -2.99. The number of methoxy groups -OCH3 is 1. The van der Waals surface area contributed by atoms with Crippen LogP contribution in [0.15, 0.2) is 39.9 Å². The number of aromatic nitrogens is 2. The number of anilines is 3. The average molecular weight is 673 g/mol. The number of hydrogen-bond acceptors (Lipinski definition) is 8. The monoisotopic (exact) mass is 671 g/mol. The number of alkyl halides is 3. The number of hydrogen-bond donors (Lipinski definition) is 1. The molecule has 0 aliphatic carbocycles. The van der Waals surface area contributed by atoms with Gasteiger partial charge >= 0.3 is 22.4 Å². The maximum Gasteiger partial charge on any atom is 0.493 e. The molecule has 1 fully saturated rings. The van der Waals surface area contributed by atoms with Gasteiger partial charge in [0.25, 0.3) is 5.56 Å². The van der Waals surface area contributed by atoms with Gasteiger partial charge in [0.2, 0.25) is 0 Å². The highest BCUT2D eigenvalue weighted by Gasteiger charge is 2.47. The van der Waals surface area contributed by atoms with Gasteiger partial charge in [-0.15, -0.1) is 0 Å². The van der Waals surface area contributed by atoms with Gasteiger partial charge in [0, 0.05) is 27.2 Å². The molecule has 0 radical (unpaired) electrons. The van der Waals surface area contributed by atoms with Gasteiger partial charge in [0.05, 0.1) is 44.2 Å². The van der Waals surface area contributed by atoms with Gasteiger partial charge < -0.3 is 19.5 Å². The number of carbonyl (C=O) groups excluding carboxylic acids is 1. The van der Waals surface area contributed by atoms with E-state index in [1.807, 2.05) is 0 Å². The molecule has 1 aliphatic heterocycles. The summed E-state index contributed by atoms with van der Waals surface area (Å²) in [6, 6.07) is 4.31. The van der Waals surface area contributed by atoms with Crippen LogP contribution in [0.4, 0.5) is 34.6 Å². The number of benzene rings is 2. The molecule has 1 N–H and O–H groups in total. The highest BCUT2D eigenvalue weighted by Crippen LogP contribution is 2.41. The van der Waals surface area contributed by atoms with Gasteiger partial charge in [-0.2, -0.15) is 25.9 Å². The predicted octanol–water partition coefficient (Wildman–Crippen LogP) is 4.02. The van der Waals surface area contributed by atoms with Crippen molar-refractivity contribution in [3.63, 3.8) is 0 Å². The van der Waals surface area contributed by atoms with E-state index in [4.69, 9.17) is 16.3 Å². The maximum absolute atomic E-state index is 15.0. The molecule has 216 valence electrons. The second-order valence-corrected chi connectivity index (χ2v) is 11.4. The molecule has 11 nitrogen and oxygen atoms in total. The average Bonchev–Trinajstić information content (AvgIpc) is 3.38. The molecule has 2 aromatic carbocycles. The number of halogens is 6. The molecule has 1 aromatic heterocycles. The minimum atomic E-state index is -5.57. The number of ether oxygens (including phenoxy) is 1. The first-order chi connectivity index (χ1) is 18.7. The molecule has 18 heteroatoms. The zero-order chi connectivity index (χ0) is 29.6. The molecule has 0 bridgehead atoms. The van der Waals surface area contributed by atoms with Gasteiger partial charge in [0.15, 0.2) is 0 Å². The number of fused-ring (bicyclic) bond motifs is 1. The van der Waals surface area contributed by atoms with Crippen molar-refractivity contribution in [1.82, 2.24) is 13.9 Å². The molecule has 0 saturated carbocycles. The lowest BCUT2D eigenvalue weighted by Gasteiger charge is -2.28. The Kier molecular flexibility index (Phi) is 8.33. The highest BCUT2D eigenvalue weighted by molar-refractivity contribution is 9.10.